The number of carbonyl (C=O) groups excluding carboxylic acids is 1. The second kappa shape index (κ2) is 6.63. The number of nitro benzene ring substituents is 1. The molecule has 2 aromatic rings. The fourth-order valence-electron chi connectivity index (χ4n) is 1.85. The lowest BCUT2D eigenvalue weighted by Crippen LogP contribution is -2.31. The molecule has 0 atom stereocenters. The number of hydrogen-bond acceptors (Lipinski definition) is 5. The second-order valence-electron chi connectivity index (χ2n) is 4.93. The number of anilines is 1. The van der Waals surface area contributed by atoms with Crippen LogP contribution in [0, 0.1) is 10.1 Å². The van der Waals surface area contributed by atoms with Crippen molar-refractivity contribution in [1.82, 2.24) is 9.99 Å². The number of pyridine rings is 1. The molecule has 0 fully saturated rings. The van der Waals surface area contributed by atoms with Crippen LogP contribution >= 0.6 is 0 Å². The summed E-state index contributed by atoms with van der Waals surface area (Å²) >= 11 is 0. The first-order valence-electron chi connectivity index (χ1n) is 6.68. The minimum atomic E-state index is -4.74. The molecule has 0 saturated carbocycles. The average Bonchev–Trinajstić information content (AvgIpc) is 2.54. The molecule has 1 aromatic carbocycles. The fourth-order valence-corrected chi connectivity index (χ4v) is 1.85. The number of nitrogens with zero attached hydrogens (tertiary/aromatic N) is 2. The molecule has 11 heteroatoms. The Morgan fingerprint density at radius 2 is 1.92 bits per heavy atom. The molecule has 2 rings (SSSR count). The molecule has 0 spiro atoms. The summed E-state index contributed by atoms with van der Waals surface area (Å²) in [5, 5.41) is 10.9. The van der Waals surface area contributed by atoms with Gasteiger partial charge in [0.1, 0.15) is 5.69 Å². The monoisotopic (exact) mass is 356 g/mol. The number of hydrazine groups is 1. The van der Waals surface area contributed by atoms with Gasteiger partial charge >= 0.3 is 6.18 Å². The van der Waals surface area contributed by atoms with Crippen LogP contribution in [-0.4, -0.2) is 15.4 Å². The normalized spacial score (nSPS) is 11.0. The van der Waals surface area contributed by atoms with Crippen molar-refractivity contribution in [3.63, 3.8) is 0 Å². The van der Waals surface area contributed by atoms with Gasteiger partial charge in [-0.15, -0.1) is 0 Å². The topological polar surface area (TPSA) is 106 Å². The third-order valence-corrected chi connectivity index (χ3v) is 3.20. The van der Waals surface area contributed by atoms with Crippen LogP contribution in [0.15, 0.2) is 41.3 Å². The van der Waals surface area contributed by atoms with E-state index in [-0.39, 0.29) is 11.3 Å². The van der Waals surface area contributed by atoms with E-state index in [9.17, 15) is 32.9 Å². The molecule has 8 nitrogen and oxygen atoms in total. The molecule has 1 aromatic heterocycles. The maximum absolute atomic E-state index is 12.6. The SMILES string of the molecule is Cn1ccc(C(=O)NNc2ccc(C(F)(F)F)cc2[N+](=O)[O-])cc1=O. The van der Waals surface area contributed by atoms with Crippen molar-refractivity contribution in [3.8, 4) is 0 Å². The summed E-state index contributed by atoms with van der Waals surface area (Å²) in [4.78, 5) is 33.3. The van der Waals surface area contributed by atoms with Gasteiger partial charge in [-0.25, -0.2) is 0 Å². The number of halogens is 3. The van der Waals surface area contributed by atoms with E-state index >= 15 is 0 Å². The summed E-state index contributed by atoms with van der Waals surface area (Å²) in [6, 6.07) is 4.19. The lowest BCUT2D eigenvalue weighted by Gasteiger charge is -2.11. The largest absolute Gasteiger partial charge is 0.416 e. The van der Waals surface area contributed by atoms with E-state index in [1.54, 1.807) is 0 Å². The molecular weight excluding hydrogens is 345 g/mol. The van der Waals surface area contributed by atoms with Crippen LogP contribution < -0.4 is 16.4 Å². The van der Waals surface area contributed by atoms with E-state index in [0.717, 1.165) is 12.1 Å². The van der Waals surface area contributed by atoms with Crippen molar-refractivity contribution >= 4 is 17.3 Å². The molecule has 2 N–H and O–H groups in total. The van der Waals surface area contributed by atoms with Gasteiger partial charge in [-0.3, -0.25) is 30.6 Å². The Morgan fingerprint density at radius 1 is 1.24 bits per heavy atom. The molecule has 0 aliphatic heterocycles. The summed E-state index contributed by atoms with van der Waals surface area (Å²) in [5.74, 6) is -0.785. The third-order valence-electron chi connectivity index (χ3n) is 3.20. The molecule has 0 unspecified atom stereocenters. The van der Waals surface area contributed by atoms with Gasteiger partial charge in [0.2, 0.25) is 0 Å². The molecule has 1 amide bonds. The zero-order chi connectivity index (χ0) is 18.8. The predicted molar refractivity (Wildman–Crippen MR) is 80.9 cm³/mol. The van der Waals surface area contributed by atoms with E-state index in [1.165, 1.54) is 23.9 Å². The molecule has 0 bridgehead atoms. The first-order chi connectivity index (χ1) is 11.6. The van der Waals surface area contributed by atoms with E-state index in [2.05, 4.69) is 10.9 Å². The third kappa shape index (κ3) is 4.13. The van der Waals surface area contributed by atoms with Crippen LogP contribution in [-0.2, 0) is 13.2 Å². The highest BCUT2D eigenvalue weighted by Gasteiger charge is 2.33. The summed E-state index contributed by atoms with van der Waals surface area (Å²) in [6.45, 7) is 0. The van der Waals surface area contributed by atoms with Gasteiger partial charge in [0, 0.05) is 30.9 Å². The van der Waals surface area contributed by atoms with Gasteiger partial charge in [0.25, 0.3) is 17.2 Å². The highest BCUT2D eigenvalue weighted by atomic mass is 19.4. The van der Waals surface area contributed by atoms with E-state index in [1.807, 2.05) is 0 Å². The van der Waals surface area contributed by atoms with Crippen LogP contribution in [0.3, 0.4) is 0 Å². The second-order valence-corrected chi connectivity index (χ2v) is 4.93. The maximum Gasteiger partial charge on any atom is 0.416 e. The molecule has 0 aliphatic rings. The number of aromatic nitrogens is 1. The standard InChI is InChI=1S/C14H11F3N4O4/c1-20-5-4-8(6-12(20)22)13(23)19-18-10-3-2-9(14(15,16)17)7-11(10)21(24)25/h2-7,18H,1H3,(H,19,23). The van der Waals surface area contributed by atoms with E-state index < -0.39 is 33.8 Å². The lowest BCUT2D eigenvalue weighted by atomic mass is 10.1. The summed E-state index contributed by atoms with van der Waals surface area (Å²) in [7, 11) is 1.48. The number of benzene rings is 1. The Kier molecular flexibility index (Phi) is 4.77. The highest BCUT2D eigenvalue weighted by Crippen LogP contribution is 2.34. The van der Waals surface area contributed by atoms with E-state index in [4.69, 9.17) is 0 Å². The van der Waals surface area contributed by atoms with Crippen molar-refractivity contribution in [2.24, 2.45) is 7.05 Å². The Bertz CT molecular complexity index is 892. The molecule has 0 aliphatic carbocycles. The zero-order valence-electron chi connectivity index (χ0n) is 12.6. The molecule has 25 heavy (non-hydrogen) atoms. The number of alkyl halides is 3. The molecule has 132 valence electrons. The van der Waals surface area contributed by atoms with Crippen LogP contribution in [0.25, 0.3) is 0 Å². The highest BCUT2D eigenvalue weighted by molar-refractivity contribution is 5.94. The first-order valence-corrected chi connectivity index (χ1v) is 6.68. The molecule has 0 saturated heterocycles. The molecule has 0 radical (unpaired) electrons. The number of nitro groups is 1. The van der Waals surface area contributed by atoms with Gasteiger partial charge < -0.3 is 4.57 Å². The van der Waals surface area contributed by atoms with Crippen molar-refractivity contribution in [1.29, 1.82) is 0 Å². The van der Waals surface area contributed by atoms with Gasteiger partial charge in [0.05, 0.1) is 10.5 Å². The summed E-state index contributed by atoms with van der Waals surface area (Å²) in [6.07, 6.45) is -3.39. The number of amides is 1. The average molecular weight is 356 g/mol. The summed E-state index contributed by atoms with van der Waals surface area (Å²) in [5.41, 5.74) is 1.42. The van der Waals surface area contributed by atoms with Crippen LogP contribution in [0.4, 0.5) is 24.5 Å². The van der Waals surface area contributed by atoms with Crippen LogP contribution in [0.2, 0.25) is 0 Å². The predicted octanol–water partition coefficient (Wildman–Crippen LogP) is 2.07. The Hall–Kier alpha value is -3.37. The fraction of sp³-hybridized carbons (Fsp3) is 0.143. The van der Waals surface area contributed by atoms with E-state index in [0.29, 0.717) is 12.1 Å². The lowest BCUT2D eigenvalue weighted by molar-refractivity contribution is -0.384. The Morgan fingerprint density at radius 3 is 2.48 bits per heavy atom. The minimum Gasteiger partial charge on any atom is -0.319 e. The van der Waals surface area contributed by atoms with Crippen LogP contribution in [0.5, 0.6) is 0 Å². The van der Waals surface area contributed by atoms with Gasteiger partial charge in [-0.05, 0) is 18.2 Å². The van der Waals surface area contributed by atoms with Crippen molar-refractivity contribution in [2.45, 2.75) is 6.18 Å². The van der Waals surface area contributed by atoms with Crippen molar-refractivity contribution in [3.05, 3.63) is 68.1 Å². The molecule has 1 heterocycles. The Labute approximate surface area is 138 Å². The van der Waals surface area contributed by atoms with Crippen molar-refractivity contribution in [2.75, 3.05) is 5.43 Å². The zero-order valence-corrected chi connectivity index (χ0v) is 12.6. The maximum atomic E-state index is 12.6. The quantitative estimate of drug-likeness (QED) is 0.644. The number of hydrogen-bond donors (Lipinski definition) is 2. The number of aryl methyl sites for hydroxylation is 1. The number of rotatable bonds is 4. The first kappa shape index (κ1) is 18.0. The van der Waals surface area contributed by atoms with Crippen molar-refractivity contribution < 1.29 is 22.9 Å². The Balaban J connectivity index is 2.22. The summed E-state index contributed by atoms with van der Waals surface area (Å²) < 4.78 is 39.1. The minimum absolute atomic E-state index is 0.0230. The number of carbonyl (C=O) groups is 1. The van der Waals surface area contributed by atoms with Crippen LogP contribution in [0.1, 0.15) is 15.9 Å². The molecular formula is C14H11F3N4O4. The van der Waals surface area contributed by atoms with Gasteiger partial charge in [-0.2, -0.15) is 13.2 Å². The van der Waals surface area contributed by atoms with Gasteiger partial charge in [0.15, 0.2) is 0 Å². The van der Waals surface area contributed by atoms with Gasteiger partial charge in [-0.1, -0.05) is 0 Å². The smallest absolute Gasteiger partial charge is 0.319 e. The number of nitrogens with one attached hydrogen (secondary N) is 2.